The van der Waals surface area contributed by atoms with Gasteiger partial charge in [-0.3, -0.25) is 0 Å². The zero-order chi connectivity index (χ0) is 11.6. The highest BCUT2D eigenvalue weighted by molar-refractivity contribution is 5.33. The maximum absolute atomic E-state index is 5.89. The Kier molecular flexibility index (Phi) is 3.56. The van der Waals surface area contributed by atoms with Crippen molar-refractivity contribution in [2.75, 3.05) is 0 Å². The smallest absolute Gasteiger partial charge is 0.00187 e. The zero-order valence-corrected chi connectivity index (χ0v) is 10.6. The zero-order valence-electron chi connectivity index (χ0n) is 10.6. The van der Waals surface area contributed by atoms with Gasteiger partial charge in [-0.25, -0.2) is 0 Å². The molecule has 0 aromatic heterocycles. The molecule has 0 fully saturated rings. The van der Waals surface area contributed by atoms with Crippen LogP contribution in [-0.2, 0) is 5.41 Å². The second-order valence-corrected chi connectivity index (χ2v) is 5.44. The van der Waals surface area contributed by atoms with Crippen molar-refractivity contribution in [2.45, 2.75) is 52.5 Å². The molecule has 1 heteroatoms. The Bertz CT molecular complexity index is 317. The minimum absolute atomic E-state index is 0.172. The van der Waals surface area contributed by atoms with Crippen LogP contribution in [0, 0.1) is 13.8 Å². The summed E-state index contributed by atoms with van der Waals surface area (Å²) in [7, 11) is 0. The van der Waals surface area contributed by atoms with E-state index in [1.54, 1.807) is 0 Å². The third kappa shape index (κ3) is 3.35. The molecule has 0 bridgehead atoms. The predicted octanol–water partition coefficient (Wildman–Crippen LogP) is 3.32. The van der Waals surface area contributed by atoms with E-state index in [0.29, 0.717) is 0 Å². The van der Waals surface area contributed by atoms with Crippen LogP contribution in [0.25, 0.3) is 0 Å². The topological polar surface area (TPSA) is 26.0 Å². The Morgan fingerprint density at radius 3 is 2.00 bits per heavy atom. The van der Waals surface area contributed by atoms with Crippen molar-refractivity contribution in [3.63, 3.8) is 0 Å². The maximum atomic E-state index is 5.89. The van der Waals surface area contributed by atoms with E-state index in [9.17, 15) is 0 Å². The summed E-state index contributed by atoms with van der Waals surface area (Å²) in [6.45, 7) is 10.9. The predicted molar refractivity (Wildman–Crippen MR) is 67.2 cm³/mol. The number of aryl methyl sites for hydroxylation is 2. The number of nitrogens with two attached hydrogens (primary N) is 1. The summed E-state index contributed by atoms with van der Waals surface area (Å²) in [5.74, 6) is 0. The second kappa shape index (κ2) is 4.36. The third-order valence-corrected chi connectivity index (χ3v) is 2.84. The molecule has 0 aliphatic heterocycles. The molecule has 0 aliphatic rings. The van der Waals surface area contributed by atoms with Gasteiger partial charge in [-0.05, 0) is 38.2 Å². The van der Waals surface area contributed by atoms with Gasteiger partial charge < -0.3 is 5.73 Å². The van der Waals surface area contributed by atoms with Gasteiger partial charge in [-0.15, -0.1) is 0 Å². The normalized spacial score (nSPS) is 14.0. The van der Waals surface area contributed by atoms with Crippen LogP contribution in [0.1, 0.15) is 43.9 Å². The lowest BCUT2D eigenvalue weighted by atomic mass is 9.78. The fourth-order valence-electron chi connectivity index (χ4n) is 2.29. The van der Waals surface area contributed by atoms with E-state index < -0.39 is 0 Å². The number of hydrogen-bond acceptors (Lipinski definition) is 1. The van der Waals surface area contributed by atoms with Gasteiger partial charge >= 0.3 is 0 Å². The number of hydrogen-bond donors (Lipinski definition) is 1. The molecule has 0 spiro atoms. The first kappa shape index (κ1) is 12.3. The molecule has 1 unspecified atom stereocenters. The molecule has 0 saturated carbocycles. The van der Waals surface area contributed by atoms with Crippen LogP contribution in [0.5, 0.6) is 0 Å². The van der Waals surface area contributed by atoms with E-state index in [1.165, 1.54) is 16.7 Å². The molecule has 0 aliphatic carbocycles. The fourth-order valence-corrected chi connectivity index (χ4v) is 2.29. The molecule has 15 heavy (non-hydrogen) atoms. The minimum atomic E-state index is 0.172. The van der Waals surface area contributed by atoms with Crippen molar-refractivity contribution < 1.29 is 0 Å². The molecule has 0 radical (unpaired) electrons. The number of benzene rings is 1. The molecule has 2 N–H and O–H groups in total. The van der Waals surface area contributed by atoms with Gasteiger partial charge in [0, 0.05) is 6.04 Å². The highest BCUT2D eigenvalue weighted by Gasteiger charge is 2.22. The summed E-state index contributed by atoms with van der Waals surface area (Å²) in [4.78, 5) is 0. The molecular weight excluding hydrogens is 182 g/mol. The van der Waals surface area contributed by atoms with Crippen LogP contribution in [0.3, 0.4) is 0 Å². The lowest BCUT2D eigenvalue weighted by molar-refractivity contribution is 0.437. The first-order chi connectivity index (χ1) is 6.81. The number of rotatable bonds is 3. The summed E-state index contributed by atoms with van der Waals surface area (Å²) in [6.07, 6.45) is 1.02. The SMILES string of the molecule is Cc1cc(C)cc(C(C)(C)CC(C)N)c1. The Morgan fingerprint density at radius 1 is 1.13 bits per heavy atom. The van der Waals surface area contributed by atoms with E-state index in [1.807, 2.05) is 0 Å². The van der Waals surface area contributed by atoms with Crippen molar-refractivity contribution in [1.29, 1.82) is 0 Å². The van der Waals surface area contributed by atoms with Crippen LogP contribution in [-0.4, -0.2) is 6.04 Å². The van der Waals surface area contributed by atoms with Crippen LogP contribution >= 0.6 is 0 Å². The van der Waals surface area contributed by atoms with Gasteiger partial charge in [0.05, 0.1) is 0 Å². The van der Waals surface area contributed by atoms with E-state index in [4.69, 9.17) is 5.73 Å². The first-order valence-electron chi connectivity index (χ1n) is 5.65. The quantitative estimate of drug-likeness (QED) is 0.805. The monoisotopic (exact) mass is 205 g/mol. The Balaban J connectivity index is 3.03. The van der Waals surface area contributed by atoms with E-state index in [-0.39, 0.29) is 11.5 Å². The van der Waals surface area contributed by atoms with Crippen LogP contribution in [0.2, 0.25) is 0 Å². The highest BCUT2D eigenvalue weighted by Crippen LogP contribution is 2.29. The largest absolute Gasteiger partial charge is 0.328 e. The van der Waals surface area contributed by atoms with Gasteiger partial charge in [0.2, 0.25) is 0 Å². The molecular formula is C14H23N. The van der Waals surface area contributed by atoms with Crippen LogP contribution < -0.4 is 5.73 Å². The molecule has 0 heterocycles. The van der Waals surface area contributed by atoms with Gasteiger partial charge in [0.15, 0.2) is 0 Å². The Labute approximate surface area is 93.7 Å². The maximum Gasteiger partial charge on any atom is 0.00187 e. The molecule has 1 aromatic rings. The van der Waals surface area contributed by atoms with Gasteiger partial charge in [-0.2, -0.15) is 0 Å². The Hall–Kier alpha value is -0.820. The van der Waals surface area contributed by atoms with Crippen LogP contribution in [0.4, 0.5) is 0 Å². The molecule has 1 atom stereocenters. The standard InChI is InChI=1S/C14H23N/c1-10-6-11(2)8-13(7-10)14(4,5)9-12(3)15/h6-8,12H,9,15H2,1-5H3. The van der Waals surface area contributed by atoms with Crippen molar-refractivity contribution in [2.24, 2.45) is 5.73 Å². The molecule has 0 amide bonds. The molecule has 1 aromatic carbocycles. The summed E-state index contributed by atoms with van der Waals surface area (Å²) >= 11 is 0. The van der Waals surface area contributed by atoms with Crippen molar-refractivity contribution in [3.05, 3.63) is 34.9 Å². The van der Waals surface area contributed by atoms with E-state index in [0.717, 1.165) is 6.42 Å². The average Bonchev–Trinajstić information content (AvgIpc) is 1.99. The summed E-state index contributed by atoms with van der Waals surface area (Å²) < 4.78 is 0. The van der Waals surface area contributed by atoms with Gasteiger partial charge in [-0.1, -0.05) is 43.2 Å². The van der Waals surface area contributed by atoms with Gasteiger partial charge in [0.25, 0.3) is 0 Å². The summed E-state index contributed by atoms with van der Waals surface area (Å²) in [5.41, 5.74) is 10.1. The fraction of sp³-hybridized carbons (Fsp3) is 0.571. The van der Waals surface area contributed by atoms with E-state index in [2.05, 4.69) is 52.8 Å². The molecule has 1 nitrogen and oxygen atoms in total. The molecule has 84 valence electrons. The first-order valence-corrected chi connectivity index (χ1v) is 5.65. The average molecular weight is 205 g/mol. The van der Waals surface area contributed by atoms with Crippen molar-refractivity contribution in [1.82, 2.24) is 0 Å². The summed E-state index contributed by atoms with van der Waals surface area (Å²) in [5, 5.41) is 0. The van der Waals surface area contributed by atoms with Gasteiger partial charge in [0.1, 0.15) is 0 Å². The lowest BCUT2D eigenvalue weighted by Crippen LogP contribution is -2.28. The second-order valence-electron chi connectivity index (χ2n) is 5.44. The molecule has 0 saturated heterocycles. The van der Waals surface area contributed by atoms with E-state index >= 15 is 0 Å². The van der Waals surface area contributed by atoms with Crippen molar-refractivity contribution in [3.8, 4) is 0 Å². The lowest BCUT2D eigenvalue weighted by Gasteiger charge is -2.28. The summed E-state index contributed by atoms with van der Waals surface area (Å²) in [6, 6.07) is 7.01. The highest BCUT2D eigenvalue weighted by atomic mass is 14.6. The van der Waals surface area contributed by atoms with Crippen molar-refractivity contribution >= 4 is 0 Å². The van der Waals surface area contributed by atoms with Crippen LogP contribution in [0.15, 0.2) is 18.2 Å². The Morgan fingerprint density at radius 2 is 1.60 bits per heavy atom. The molecule has 1 rings (SSSR count). The third-order valence-electron chi connectivity index (χ3n) is 2.84. The minimum Gasteiger partial charge on any atom is -0.328 e.